The zero-order valence-electron chi connectivity index (χ0n) is 36.9. The van der Waals surface area contributed by atoms with Gasteiger partial charge in [0.1, 0.15) is 4.90 Å². The van der Waals surface area contributed by atoms with Crippen LogP contribution in [0.1, 0.15) is 93.4 Å². The Morgan fingerprint density at radius 1 is 0.613 bits per heavy atom. The van der Waals surface area contributed by atoms with E-state index in [1.165, 1.54) is 38.0 Å². The Labute approximate surface area is 408 Å². The van der Waals surface area contributed by atoms with Gasteiger partial charge in [-0.1, -0.05) is 51.2 Å². The van der Waals surface area contributed by atoms with E-state index in [1.807, 2.05) is 0 Å². The van der Waals surface area contributed by atoms with E-state index in [4.69, 9.17) is 93.5 Å². The van der Waals surface area contributed by atoms with Gasteiger partial charge in [-0.2, -0.15) is 8.42 Å². The number of nitrogens with one attached hydrogen (secondary N) is 2. The number of rotatable bonds is 15. The fourth-order valence-electron chi connectivity index (χ4n) is 2.55. The molecule has 0 spiro atoms. The maximum Gasteiger partial charge on any atom is 1.00 e. The fraction of sp³-hybridized carbons (Fsp3) is 0.606. The Bertz CT molecular complexity index is 1390. The van der Waals surface area contributed by atoms with E-state index in [2.05, 4.69) is 17.6 Å². The second-order valence-corrected chi connectivity index (χ2v) is 12.7. The summed E-state index contributed by atoms with van der Waals surface area (Å²) in [5.74, 6) is -4.80. The third kappa shape index (κ3) is 155. The third-order valence-corrected chi connectivity index (χ3v) is 5.14. The second kappa shape index (κ2) is 60.2. The van der Waals surface area contributed by atoms with Crippen LogP contribution < -0.4 is 91.7 Å². The van der Waals surface area contributed by atoms with Crippen LogP contribution >= 0.6 is 0 Å². The maximum atomic E-state index is 11.7. The summed E-state index contributed by atoms with van der Waals surface area (Å²) in [4.78, 5) is 66.3. The van der Waals surface area contributed by atoms with Crippen molar-refractivity contribution in [3.63, 3.8) is 0 Å². The van der Waals surface area contributed by atoms with Crippen molar-refractivity contribution in [1.29, 1.82) is 0 Å². The number of carbonyl (C=O) groups excluding carboxylic acids is 2. The zero-order valence-corrected chi connectivity index (χ0v) is 42.6. The first kappa shape index (κ1) is 82.8. The second-order valence-electron chi connectivity index (χ2n) is 10.5. The largest absolute Gasteiger partial charge is 1.00 e. The average molecular weight is 962 g/mol. The minimum Gasteiger partial charge on any atom is -0.759 e. The van der Waals surface area contributed by atoms with E-state index >= 15 is 0 Å². The molecule has 1 amide bonds. The summed E-state index contributed by atoms with van der Waals surface area (Å²) in [6, 6.07) is 5.54. The van der Waals surface area contributed by atoms with Gasteiger partial charge < -0.3 is 67.2 Å². The Morgan fingerprint density at radius 2 is 0.919 bits per heavy atom. The monoisotopic (exact) mass is 961 g/mol. The van der Waals surface area contributed by atoms with Crippen LogP contribution in [0, 0.1) is 0 Å². The standard InChI is InChI=1S/C15H22O5S.C4H13N3.C4H10N2O.5C2H4O2.2Na.H2O4S/c1-2-3-4-5-6-7-12-15(16)20-13-10-8-9-11-14(13)21(17,18)19;5-1-3-7-4-2-6;1-4(7)6-3-2-5;5*1-2(3)4;;;1-5(2,3)4/h8-11H,2-7,12H2,1H3,(H,17,18,19);7H,1-6H2;2-3,5H2,1H3,(H,6,7);5*1H3,(H,3,4);;;(H2,1,2,3,4)/q;;;;;;;;2*+1;/p-2. The quantitative estimate of drug-likeness (QED) is 0.0195. The molecule has 0 heterocycles. The van der Waals surface area contributed by atoms with E-state index < -0.39 is 56.3 Å². The molecule has 1 rings (SSSR count). The summed E-state index contributed by atoms with van der Waals surface area (Å²) >= 11 is 0. The molecule has 14 N–H and O–H groups in total. The minimum atomic E-state index is -5.17. The molecule has 0 saturated carbocycles. The van der Waals surface area contributed by atoms with Gasteiger partial charge >= 0.3 is 65.1 Å². The number of amides is 1. The zero-order chi connectivity index (χ0) is 49.3. The number of benzene rings is 1. The van der Waals surface area contributed by atoms with E-state index in [0.29, 0.717) is 26.2 Å². The molecule has 0 atom stereocenters. The number of carbonyl (C=O) groups is 7. The van der Waals surface area contributed by atoms with Gasteiger partial charge in [0.15, 0.2) is 5.75 Å². The number of carboxylic acids is 5. The van der Waals surface area contributed by atoms with Crippen molar-refractivity contribution in [2.45, 2.75) is 98.3 Å². The van der Waals surface area contributed by atoms with Crippen molar-refractivity contribution < 1.29 is 153 Å². The molecule has 0 radical (unpaired) electrons. The Hall–Kier alpha value is -2.87. The summed E-state index contributed by atoms with van der Waals surface area (Å²) in [5.41, 5.74) is 15.4. The molecule has 1 aromatic carbocycles. The molecule has 62 heavy (non-hydrogen) atoms. The van der Waals surface area contributed by atoms with Crippen LogP contribution in [0.5, 0.6) is 5.75 Å². The predicted molar refractivity (Wildman–Crippen MR) is 216 cm³/mol. The van der Waals surface area contributed by atoms with Crippen molar-refractivity contribution in [3.8, 4) is 5.75 Å². The first-order valence-electron chi connectivity index (χ1n) is 17.3. The molecule has 356 valence electrons. The topological polar surface area (TPSA) is 467 Å². The Morgan fingerprint density at radius 3 is 1.19 bits per heavy atom. The molecule has 0 aliphatic carbocycles. The third-order valence-electron chi connectivity index (χ3n) is 4.25. The Balaban J connectivity index is -0.0000000688. The van der Waals surface area contributed by atoms with E-state index in [9.17, 15) is 18.0 Å². The Kier molecular flexibility index (Phi) is 80.4. The number of hydrogen-bond acceptors (Lipinski definition) is 18. The molecule has 0 aromatic heterocycles. The van der Waals surface area contributed by atoms with Gasteiger partial charge in [-0.3, -0.25) is 46.5 Å². The summed E-state index contributed by atoms with van der Waals surface area (Å²) in [5, 5.41) is 42.6. The van der Waals surface area contributed by atoms with Gasteiger partial charge in [0.25, 0.3) is 40.0 Å². The fourth-order valence-corrected chi connectivity index (χ4v) is 3.16. The molecule has 29 heteroatoms. The van der Waals surface area contributed by atoms with Crippen molar-refractivity contribution in [3.05, 3.63) is 24.3 Å². The molecule has 0 bridgehead atoms. The number of carboxylic acid groups (broad SMARTS) is 5. The van der Waals surface area contributed by atoms with Gasteiger partial charge in [0.2, 0.25) is 5.91 Å². The number of para-hydroxylation sites is 1. The molecule has 0 saturated heterocycles. The molecule has 1 aromatic rings. The van der Waals surface area contributed by atoms with Gasteiger partial charge in [-0.05, 0) is 18.6 Å². The van der Waals surface area contributed by atoms with Gasteiger partial charge in [-0.15, -0.1) is 0 Å². The number of esters is 1. The number of ether oxygens (including phenoxy) is 1. The molecule has 0 aliphatic heterocycles. The molecular formula is C33H65N5Na2O20S2. The van der Waals surface area contributed by atoms with Crippen LogP contribution in [0.2, 0.25) is 0 Å². The minimum absolute atomic E-state index is 0. The normalized spacial score (nSPS) is 8.79. The SMILES string of the molecule is CC(=O)NCCN.CC(=O)O.CC(=O)O.CC(=O)O.CC(=O)O.CC(=O)O.CCCCCCCCC(=O)Oc1ccccc1S(=O)(=O)O.NCCNCCN.O=S(=O)([O-])[O-].[Na+].[Na+]. The summed E-state index contributed by atoms with van der Waals surface area (Å²) in [7, 11) is -9.56. The first-order valence-corrected chi connectivity index (χ1v) is 20.0. The van der Waals surface area contributed by atoms with E-state index in [0.717, 1.165) is 73.4 Å². The summed E-state index contributed by atoms with van der Waals surface area (Å²) in [6.07, 6.45) is 6.54. The number of aliphatic carboxylic acids is 5. The van der Waals surface area contributed by atoms with Crippen molar-refractivity contribution in [1.82, 2.24) is 10.6 Å². The van der Waals surface area contributed by atoms with E-state index in [-0.39, 0.29) is 82.1 Å². The van der Waals surface area contributed by atoms with Gasteiger partial charge in [0, 0.05) is 97.6 Å². The smallest absolute Gasteiger partial charge is 0.759 e. The number of nitrogens with two attached hydrogens (primary N) is 3. The van der Waals surface area contributed by atoms with Gasteiger partial charge in [-0.25, -0.2) is 0 Å². The first-order chi connectivity index (χ1) is 27.3. The average Bonchev–Trinajstić information content (AvgIpc) is 3.04. The predicted octanol–water partition coefficient (Wildman–Crippen LogP) is -5.71. The van der Waals surface area contributed by atoms with Crippen LogP contribution in [-0.4, -0.2) is 137 Å². The van der Waals surface area contributed by atoms with Crippen LogP contribution in [0.25, 0.3) is 0 Å². The summed E-state index contributed by atoms with van der Waals surface area (Å²) in [6.45, 7) is 13.3. The van der Waals surface area contributed by atoms with Crippen molar-refractivity contribution >= 4 is 62.2 Å². The van der Waals surface area contributed by atoms with Crippen LogP contribution in [-0.2, 0) is 54.1 Å². The molecule has 0 aliphatic rings. The molecule has 0 unspecified atom stereocenters. The summed E-state index contributed by atoms with van der Waals surface area (Å²) < 4.78 is 70.5. The molecular weight excluding hydrogens is 896 g/mol. The maximum absolute atomic E-state index is 11.7. The van der Waals surface area contributed by atoms with Crippen LogP contribution in [0.15, 0.2) is 29.2 Å². The van der Waals surface area contributed by atoms with Gasteiger partial charge in [0.05, 0.1) is 0 Å². The van der Waals surface area contributed by atoms with Crippen molar-refractivity contribution in [2.75, 3.05) is 39.3 Å². The number of hydrogen-bond donors (Lipinski definition) is 11. The molecule has 25 nitrogen and oxygen atoms in total. The van der Waals surface area contributed by atoms with E-state index in [1.54, 1.807) is 6.07 Å². The number of unbranched alkanes of at least 4 members (excludes halogenated alkanes) is 5. The van der Waals surface area contributed by atoms with Crippen LogP contribution in [0.3, 0.4) is 0 Å². The molecule has 0 fully saturated rings. The van der Waals surface area contributed by atoms with Crippen molar-refractivity contribution in [2.24, 2.45) is 17.2 Å². The van der Waals surface area contributed by atoms with Crippen LogP contribution in [0.4, 0.5) is 0 Å².